The Kier molecular flexibility index (Phi) is 27.5. The summed E-state index contributed by atoms with van der Waals surface area (Å²) in [4.78, 5) is 166. The highest BCUT2D eigenvalue weighted by molar-refractivity contribution is 6.14. The van der Waals surface area contributed by atoms with Gasteiger partial charge in [-0.3, -0.25) is 68.2 Å². The monoisotopic (exact) mass is 1690 g/mol. The predicted octanol–water partition coefficient (Wildman–Crippen LogP) is 15.6. The quantitative estimate of drug-likeness (QED) is 0.0461. The molecule has 34 heteroatoms. The number of nitro benzene ring substituents is 2. The molecule has 4 aromatic heterocycles. The lowest BCUT2D eigenvalue weighted by Gasteiger charge is -2.19. The van der Waals surface area contributed by atoms with E-state index in [1.165, 1.54) is 74.5 Å². The van der Waals surface area contributed by atoms with E-state index in [0.717, 1.165) is 67.4 Å². The number of carbonyl (C=O) groups is 10. The molecule has 632 valence electrons. The number of nitro groups is 2. The smallest absolute Gasteiger partial charge is 0.302 e. The van der Waals surface area contributed by atoms with Crippen molar-refractivity contribution in [2.75, 3.05) is 82.2 Å². The van der Waals surface area contributed by atoms with Crippen molar-refractivity contribution in [3.8, 4) is 45.3 Å². The summed E-state index contributed by atoms with van der Waals surface area (Å²) >= 11 is 0. The summed E-state index contributed by atoms with van der Waals surface area (Å²) in [6, 6.07) is 69.8. The molecule has 34 nitrogen and oxygen atoms in total. The van der Waals surface area contributed by atoms with Crippen LogP contribution in [0.5, 0.6) is 23.0 Å². The number of anilines is 8. The zero-order valence-corrected chi connectivity index (χ0v) is 67.3. The molecule has 10 aromatic carbocycles. The van der Waals surface area contributed by atoms with Gasteiger partial charge in [0, 0.05) is 82.6 Å². The molecule has 0 fully saturated rings. The second-order valence-electron chi connectivity index (χ2n) is 27.3. The van der Waals surface area contributed by atoms with Crippen molar-refractivity contribution >= 4 is 160 Å². The van der Waals surface area contributed by atoms with Crippen LogP contribution in [0.2, 0.25) is 0 Å². The largest absolute Gasteiger partial charge is 0.483 e. The second kappa shape index (κ2) is 40.1. The number of pyridine rings is 4. The standard InChI is InChI=1S/2C42H29N7O8.2C4H8O2/c2*50-37-22-56-31-17-15-24-7-1-3-9-29(24)39(31)40-30-10-4-2-8-25(30)16-18-32(40)57-23-38(51)46-34-12-6-14-36(44-34)48-42(53)27-19-26(20-28(21-27)49(54)55)41(52)47-35-13-5-11-33(43-35)45-37;2*1-3-6-4(2)5/h2*1-21H,22-23H2,(H2,43,45,47,50,52)(H2,44,46,48,51,53);2*3H2,1-2H3. The molecular formula is C92H74N14O20. The molecule has 16 rings (SSSR count). The Labute approximate surface area is 715 Å². The van der Waals surface area contributed by atoms with E-state index in [0.29, 0.717) is 58.5 Å². The molecule has 2 aliphatic rings. The van der Waals surface area contributed by atoms with Crippen LogP contribution in [0.3, 0.4) is 0 Å². The van der Waals surface area contributed by atoms with Crippen molar-refractivity contribution in [3.63, 3.8) is 0 Å². The van der Waals surface area contributed by atoms with Crippen molar-refractivity contribution < 1.29 is 86.2 Å². The number of fused-ring (bicyclic) bond motifs is 26. The molecule has 126 heavy (non-hydrogen) atoms. The highest BCUT2D eigenvalue weighted by Gasteiger charge is 2.27. The molecule has 14 aromatic rings. The van der Waals surface area contributed by atoms with Gasteiger partial charge in [0.25, 0.3) is 58.6 Å². The molecule has 2 aliphatic heterocycles. The number of rotatable bonds is 4. The van der Waals surface area contributed by atoms with Crippen molar-refractivity contribution in [1.82, 2.24) is 19.9 Å². The first-order chi connectivity index (χ1) is 60.9. The number of aromatic nitrogens is 4. The van der Waals surface area contributed by atoms with Gasteiger partial charge in [0.1, 0.15) is 69.5 Å². The van der Waals surface area contributed by atoms with E-state index in [-0.39, 0.29) is 80.7 Å². The molecule has 6 heterocycles. The highest BCUT2D eigenvalue weighted by Crippen LogP contribution is 2.48. The first kappa shape index (κ1) is 86.4. The van der Waals surface area contributed by atoms with Gasteiger partial charge in [0.05, 0.1) is 23.1 Å². The van der Waals surface area contributed by atoms with Gasteiger partial charge in [-0.15, -0.1) is 0 Å². The number of nitrogens with one attached hydrogen (secondary N) is 8. The molecule has 0 aliphatic carbocycles. The van der Waals surface area contributed by atoms with Crippen LogP contribution in [0.15, 0.2) is 255 Å². The number of carbonyl (C=O) groups excluding carboxylic acids is 10. The Bertz CT molecular complexity index is 5910. The van der Waals surface area contributed by atoms with E-state index in [9.17, 15) is 68.2 Å². The van der Waals surface area contributed by atoms with Crippen LogP contribution >= 0.6 is 0 Å². The minimum absolute atomic E-state index is 0.0186. The third-order valence-electron chi connectivity index (χ3n) is 18.5. The summed E-state index contributed by atoms with van der Waals surface area (Å²) < 4.78 is 33.7. The first-order valence-corrected chi connectivity index (χ1v) is 38.7. The van der Waals surface area contributed by atoms with Crippen LogP contribution in [-0.2, 0) is 38.2 Å². The Hall–Kier alpha value is -17.5. The summed E-state index contributed by atoms with van der Waals surface area (Å²) in [5.41, 5.74) is 0.667. The maximum atomic E-state index is 13.3. The van der Waals surface area contributed by atoms with Gasteiger partial charge in [-0.1, -0.05) is 146 Å². The van der Waals surface area contributed by atoms with Crippen molar-refractivity contribution in [1.29, 1.82) is 0 Å². The van der Waals surface area contributed by atoms with Crippen LogP contribution in [0.25, 0.3) is 65.3 Å². The van der Waals surface area contributed by atoms with Gasteiger partial charge in [-0.25, -0.2) is 19.9 Å². The van der Waals surface area contributed by atoms with Gasteiger partial charge in [-0.05, 0) is 142 Å². The molecule has 0 spiro atoms. The van der Waals surface area contributed by atoms with Crippen LogP contribution < -0.4 is 61.5 Å². The summed E-state index contributed by atoms with van der Waals surface area (Å²) in [6.45, 7) is 5.57. The lowest BCUT2D eigenvalue weighted by molar-refractivity contribution is -0.385. The lowest BCUT2D eigenvalue weighted by Crippen LogP contribution is -2.22. The average molecular weight is 1700 g/mol. The van der Waals surface area contributed by atoms with Crippen LogP contribution in [-0.4, -0.2) is 129 Å². The molecule has 8 amide bonds. The number of benzene rings is 10. The summed E-state index contributed by atoms with van der Waals surface area (Å²) in [6.07, 6.45) is 0. The zero-order chi connectivity index (χ0) is 88.9. The SMILES string of the molecule is CCOC(C)=O.CCOC(C)=O.O=C1COc2ccc3ccccc3c2-c2c(ccc3ccccc23)OCC(=O)Nc2cccc(n2)NC(=O)c2cc(cc([N+](=O)[O-])c2)C(=O)Nc2cccc(n2)N1.O=C1COc2ccc3ccccc3c2-c2c(ccc3ccccc23)OCC(=O)Nc2cccc(n2)NC(=O)c2cc(cc([N+](=O)[O-])c2)C(=O)Nc2cccc(n2)N1. The molecule has 0 atom stereocenters. The zero-order valence-electron chi connectivity index (χ0n) is 67.3. The van der Waals surface area contributed by atoms with Gasteiger partial charge in [0.2, 0.25) is 0 Å². The van der Waals surface area contributed by atoms with Crippen molar-refractivity contribution in [2.24, 2.45) is 0 Å². The number of hydrogen-bond acceptors (Lipinski definition) is 24. The molecule has 0 saturated carbocycles. The minimum atomic E-state index is -0.806. The maximum absolute atomic E-state index is 13.3. The molecular weight excluding hydrogens is 1620 g/mol. The number of hydrogen-bond donors (Lipinski definition) is 8. The molecule has 12 bridgehead atoms. The highest BCUT2D eigenvalue weighted by atomic mass is 16.6. The lowest BCUT2D eigenvalue weighted by atomic mass is 9.92. The van der Waals surface area contributed by atoms with Crippen LogP contribution in [0.4, 0.5) is 57.9 Å². The summed E-state index contributed by atoms with van der Waals surface area (Å²) in [5, 5.41) is 51.3. The third-order valence-corrected chi connectivity index (χ3v) is 18.5. The number of esters is 2. The van der Waals surface area contributed by atoms with Gasteiger partial charge >= 0.3 is 11.9 Å². The number of nitrogens with zero attached hydrogens (tertiary/aromatic N) is 6. The fraction of sp³-hybridized carbons (Fsp3) is 0.109. The van der Waals surface area contributed by atoms with Crippen LogP contribution in [0.1, 0.15) is 69.1 Å². The third kappa shape index (κ3) is 21.9. The number of ether oxygens (including phenoxy) is 6. The summed E-state index contributed by atoms with van der Waals surface area (Å²) in [5.74, 6) is -4.00. The van der Waals surface area contributed by atoms with Crippen molar-refractivity contribution in [3.05, 3.63) is 297 Å². The van der Waals surface area contributed by atoms with Crippen LogP contribution in [0, 0.1) is 20.2 Å². The minimum Gasteiger partial charge on any atom is -0.483 e. The Morgan fingerprint density at radius 3 is 0.722 bits per heavy atom. The van der Waals surface area contributed by atoms with Gasteiger partial charge < -0.3 is 71.0 Å². The van der Waals surface area contributed by atoms with Crippen molar-refractivity contribution in [2.45, 2.75) is 27.7 Å². The average Bonchev–Trinajstić information content (AvgIpc) is 0.757. The van der Waals surface area contributed by atoms with E-state index < -0.39 is 94.9 Å². The molecule has 0 saturated heterocycles. The second-order valence-corrected chi connectivity index (χ2v) is 27.3. The Morgan fingerprint density at radius 1 is 0.310 bits per heavy atom. The Balaban J connectivity index is 0.000000191. The normalized spacial score (nSPS) is 13.0. The fourth-order valence-electron chi connectivity index (χ4n) is 13.2. The molecule has 0 unspecified atom stereocenters. The van der Waals surface area contributed by atoms with E-state index >= 15 is 0 Å². The van der Waals surface area contributed by atoms with Gasteiger partial charge in [-0.2, -0.15) is 0 Å². The molecule has 8 N–H and O–H groups in total. The predicted molar refractivity (Wildman–Crippen MR) is 470 cm³/mol. The van der Waals surface area contributed by atoms with Gasteiger partial charge in [0.15, 0.2) is 26.4 Å². The van der Waals surface area contributed by atoms with E-state index in [4.69, 9.17) is 18.9 Å². The summed E-state index contributed by atoms with van der Waals surface area (Å²) in [7, 11) is 0. The van der Waals surface area contributed by atoms with E-state index in [2.05, 4.69) is 71.9 Å². The molecule has 0 radical (unpaired) electrons. The van der Waals surface area contributed by atoms with E-state index in [1.807, 2.05) is 121 Å². The number of non-ortho nitro benzene ring substituents is 2. The maximum Gasteiger partial charge on any atom is 0.302 e. The Morgan fingerprint density at radius 2 is 0.524 bits per heavy atom. The fourth-order valence-corrected chi connectivity index (χ4v) is 13.2. The topological polar surface area (TPSA) is 460 Å². The first-order valence-electron chi connectivity index (χ1n) is 38.7. The van der Waals surface area contributed by atoms with E-state index in [1.54, 1.807) is 62.4 Å². The number of amides is 8.